The molecule has 29 heavy (non-hydrogen) atoms. The lowest BCUT2D eigenvalue weighted by atomic mass is 9.73. The van der Waals surface area contributed by atoms with Gasteiger partial charge in [0.15, 0.2) is 0 Å². The quantitative estimate of drug-likeness (QED) is 0.825. The largest absolute Gasteiger partial charge is 0.370 e. The first-order valence-corrected chi connectivity index (χ1v) is 10.5. The summed E-state index contributed by atoms with van der Waals surface area (Å²) < 4.78 is 6.50. The van der Waals surface area contributed by atoms with Crippen molar-refractivity contribution < 1.29 is 9.53 Å². The number of ether oxygens (including phenoxy) is 1. The molecule has 4 atom stereocenters. The number of rotatable bonds is 6. The van der Waals surface area contributed by atoms with E-state index in [0.29, 0.717) is 30.0 Å². The van der Waals surface area contributed by atoms with Gasteiger partial charge in [0.05, 0.1) is 11.7 Å². The number of likely N-dealkylation sites (tertiary alicyclic amines) is 1. The average molecular weight is 389 g/mol. The van der Waals surface area contributed by atoms with Crippen LogP contribution in [-0.2, 0) is 4.74 Å². The molecule has 0 aliphatic carbocycles. The van der Waals surface area contributed by atoms with Gasteiger partial charge in [-0.1, -0.05) is 42.5 Å². The molecule has 3 aliphatic heterocycles. The lowest BCUT2D eigenvalue weighted by molar-refractivity contribution is 0.00366. The van der Waals surface area contributed by atoms with Crippen LogP contribution in [0.4, 0.5) is 0 Å². The van der Waals surface area contributed by atoms with Crippen LogP contribution in [0.1, 0.15) is 28.8 Å². The second-order valence-electron chi connectivity index (χ2n) is 8.48. The van der Waals surface area contributed by atoms with E-state index in [2.05, 4.69) is 51.6 Å². The molecule has 5 heteroatoms. The third-order valence-electron chi connectivity index (χ3n) is 6.77. The number of fused-ring (bicyclic) bond motifs is 1. The molecule has 5 rings (SSSR count). The van der Waals surface area contributed by atoms with E-state index in [1.54, 1.807) is 24.5 Å². The van der Waals surface area contributed by atoms with Crippen molar-refractivity contribution in [2.45, 2.75) is 24.5 Å². The topological polar surface area (TPSA) is 54.5 Å². The molecule has 0 radical (unpaired) electrons. The van der Waals surface area contributed by atoms with Crippen molar-refractivity contribution in [1.82, 2.24) is 15.2 Å². The van der Waals surface area contributed by atoms with Crippen LogP contribution in [0.25, 0.3) is 6.08 Å². The highest BCUT2D eigenvalue weighted by Gasteiger charge is 2.62. The Morgan fingerprint density at radius 3 is 2.90 bits per heavy atom. The monoisotopic (exact) mass is 389 g/mol. The number of carbonyl (C=O) groups is 1. The number of pyridine rings is 1. The smallest absolute Gasteiger partial charge is 0.251 e. The molecular weight excluding hydrogens is 362 g/mol. The molecule has 1 amide bonds. The Morgan fingerprint density at radius 1 is 1.24 bits per heavy atom. The Balaban J connectivity index is 1.20. The first-order valence-electron chi connectivity index (χ1n) is 10.5. The SMILES string of the molecule is O=C(NC[C@H]1[C@H]2CN(C/C=C/c3ccccc3)C[C@]23CC[C@H]1O3)c1ccncc1. The van der Waals surface area contributed by atoms with Crippen LogP contribution < -0.4 is 5.32 Å². The first kappa shape index (κ1) is 18.5. The molecule has 1 N–H and O–H groups in total. The van der Waals surface area contributed by atoms with Crippen molar-refractivity contribution in [3.8, 4) is 0 Å². The molecular formula is C24H27N3O2. The maximum absolute atomic E-state index is 12.4. The average Bonchev–Trinajstić information content (AvgIpc) is 3.42. The van der Waals surface area contributed by atoms with Crippen LogP contribution in [-0.4, -0.2) is 53.7 Å². The maximum atomic E-state index is 12.4. The lowest BCUT2D eigenvalue weighted by Gasteiger charge is -2.29. The summed E-state index contributed by atoms with van der Waals surface area (Å²) >= 11 is 0. The molecule has 2 bridgehead atoms. The minimum Gasteiger partial charge on any atom is -0.370 e. The zero-order valence-electron chi connectivity index (χ0n) is 16.5. The fraction of sp³-hybridized carbons (Fsp3) is 0.417. The van der Waals surface area contributed by atoms with E-state index in [9.17, 15) is 4.79 Å². The molecule has 1 spiro atoms. The Morgan fingerprint density at radius 2 is 2.07 bits per heavy atom. The van der Waals surface area contributed by atoms with Gasteiger partial charge < -0.3 is 10.1 Å². The van der Waals surface area contributed by atoms with E-state index in [-0.39, 0.29) is 11.5 Å². The zero-order valence-corrected chi connectivity index (χ0v) is 16.5. The predicted molar refractivity (Wildman–Crippen MR) is 112 cm³/mol. The van der Waals surface area contributed by atoms with Crippen molar-refractivity contribution in [2.75, 3.05) is 26.2 Å². The van der Waals surface area contributed by atoms with E-state index < -0.39 is 0 Å². The van der Waals surface area contributed by atoms with Crippen molar-refractivity contribution >= 4 is 12.0 Å². The standard InChI is InChI=1S/C24H27N3O2/c28-23(19-9-12-25-13-10-19)26-15-20-21-16-27(17-24(21)11-8-22(20)29-24)14-4-7-18-5-2-1-3-6-18/h1-7,9-10,12-13,20-22H,8,11,14-17H2,(H,26,28)/b7-4+/t20-,21+,22+,24+/m0/s1. The fourth-order valence-electron chi connectivity index (χ4n) is 5.42. The first-order chi connectivity index (χ1) is 14.2. The highest BCUT2D eigenvalue weighted by Crippen LogP contribution is 2.54. The summed E-state index contributed by atoms with van der Waals surface area (Å²) in [6.07, 6.45) is 10.3. The minimum absolute atomic E-state index is 0.00266. The van der Waals surface area contributed by atoms with Gasteiger partial charge in [-0.2, -0.15) is 0 Å². The Hall–Kier alpha value is -2.50. The van der Waals surface area contributed by atoms with Crippen LogP contribution in [0.5, 0.6) is 0 Å². The molecule has 3 saturated heterocycles. The molecule has 1 aromatic carbocycles. The molecule has 1 aromatic heterocycles. The summed E-state index contributed by atoms with van der Waals surface area (Å²) in [6, 6.07) is 13.9. The van der Waals surface area contributed by atoms with Gasteiger partial charge in [-0.3, -0.25) is 14.7 Å². The number of amides is 1. The van der Waals surface area contributed by atoms with Crippen LogP contribution in [0.15, 0.2) is 60.9 Å². The Labute approximate surface area is 171 Å². The number of benzene rings is 1. The van der Waals surface area contributed by atoms with Crippen molar-refractivity contribution in [2.24, 2.45) is 11.8 Å². The zero-order chi connectivity index (χ0) is 19.7. The Kier molecular flexibility index (Phi) is 4.94. The normalized spacial score (nSPS) is 30.7. The fourth-order valence-corrected chi connectivity index (χ4v) is 5.42. The van der Waals surface area contributed by atoms with Crippen molar-refractivity contribution in [1.29, 1.82) is 0 Å². The number of hydrogen-bond donors (Lipinski definition) is 1. The molecule has 3 fully saturated rings. The van der Waals surface area contributed by atoms with Crippen LogP contribution in [0.2, 0.25) is 0 Å². The molecule has 3 aliphatic rings. The number of hydrogen-bond acceptors (Lipinski definition) is 4. The molecule has 2 aromatic rings. The van der Waals surface area contributed by atoms with Gasteiger partial charge >= 0.3 is 0 Å². The summed E-state index contributed by atoms with van der Waals surface area (Å²) in [7, 11) is 0. The van der Waals surface area contributed by atoms with Gasteiger partial charge in [-0.25, -0.2) is 0 Å². The number of carbonyl (C=O) groups excluding carboxylic acids is 1. The summed E-state index contributed by atoms with van der Waals surface area (Å²) in [5.74, 6) is 0.881. The predicted octanol–water partition coefficient (Wildman–Crippen LogP) is 3.00. The van der Waals surface area contributed by atoms with Gasteiger partial charge in [0.25, 0.3) is 5.91 Å². The van der Waals surface area contributed by atoms with Crippen molar-refractivity contribution in [3.63, 3.8) is 0 Å². The van der Waals surface area contributed by atoms with E-state index in [1.165, 1.54) is 5.56 Å². The van der Waals surface area contributed by atoms with Gasteiger partial charge in [-0.05, 0) is 30.5 Å². The van der Waals surface area contributed by atoms with Crippen LogP contribution in [0.3, 0.4) is 0 Å². The van der Waals surface area contributed by atoms with E-state index in [4.69, 9.17) is 4.74 Å². The summed E-state index contributed by atoms with van der Waals surface area (Å²) in [5.41, 5.74) is 1.90. The van der Waals surface area contributed by atoms with Crippen molar-refractivity contribution in [3.05, 3.63) is 72.1 Å². The lowest BCUT2D eigenvalue weighted by Crippen LogP contribution is -2.41. The third-order valence-corrected chi connectivity index (χ3v) is 6.77. The molecule has 4 heterocycles. The van der Waals surface area contributed by atoms with E-state index in [1.807, 2.05) is 6.07 Å². The summed E-state index contributed by atoms with van der Waals surface area (Å²) in [4.78, 5) is 18.9. The van der Waals surface area contributed by atoms with E-state index >= 15 is 0 Å². The minimum atomic E-state index is -0.0233. The second kappa shape index (κ2) is 7.73. The molecule has 5 nitrogen and oxygen atoms in total. The number of nitrogens with zero attached hydrogens (tertiary/aromatic N) is 2. The highest BCUT2D eigenvalue weighted by atomic mass is 16.5. The van der Waals surface area contributed by atoms with Gasteiger partial charge in [0.2, 0.25) is 0 Å². The molecule has 0 saturated carbocycles. The summed E-state index contributed by atoms with van der Waals surface area (Å²) in [5, 5.41) is 3.14. The highest BCUT2D eigenvalue weighted by molar-refractivity contribution is 5.93. The second-order valence-corrected chi connectivity index (χ2v) is 8.48. The number of aromatic nitrogens is 1. The van der Waals surface area contributed by atoms with Crippen LogP contribution >= 0.6 is 0 Å². The number of nitrogens with one attached hydrogen (secondary N) is 1. The Bertz CT molecular complexity index is 886. The van der Waals surface area contributed by atoms with Crippen LogP contribution in [0, 0.1) is 11.8 Å². The van der Waals surface area contributed by atoms with Gasteiger partial charge in [-0.15, -0.1) is 0 Å². The summed E-state index contributed by atoms with van der Waals surface area (Å²) in [6.45, 7) is 3.68. The molecule has 150 valence electrons. The van der Waals surface area contributed by atoms with Gasteiger partial charge in [0, 0.05) is 56.0 Å². The molecule has 0 unspecified atom stereocenters. The van der Waals surface area contributed by atoms with Gasteiger partial charge in [0.1, 0.15) is 0 Å². The third kappa shape index (κ3) is 3.61. The van der Waals surface area contributed by atoms with E-state index in [0.717, 1.165) is 32.5 Å². The maximum Gasteiger partial charge on any atom is 0.251 e.